The van der Waals surface area contributed by atoms with Crippen LogP contribution in [-0.2, 0) is 17.8 Å². The number of amides is 1. The minimum atomic E-state index is 0. The Hall–Kier alpha value is -2.95. The van der Waals surface area contributed by atoms with E-state index in [1.165, 1.54) is 5.57 Å². The van der Waals surface area contributed by atoms with Gasteiger partial charge >= 0.3 is 0 Å². The van der Waals surface area contributed by atoms with E-state index in [1.54, 1.807) is 6.20 Å². The lowest BCUT2D eigenvalue weighted by molar-refractivity contribution is -0.109. The van der Waals surface area contributed by atoms with Gasteiger partial charge in [-0.05, 0) is 36.1 Å². The number of benzene rings is 1. The lowest BCUT2D eigenvalue weighted by Crippen LogP contribution is -2.09. The van der Waals surface area contributed by atoms with Gasteiger partial charge in [0.25, 0.3) is 0 Å². The Morgan fingerprint density at radius 2 is 2.04 bits per heavy atom. The minimum absolute atomic E-state index is 0. The highest BCUT2D eigenvalue weighted by Gasteiger charge is 2.02. The Kier molecular flexibility index (Phi) is 8.06. The van der Waals surface area contributed by atoms with E-state index < -0.39 is 0 Å². The predicted octanol–water partition coefficient (Wildman–Crippen LogP) is 4.24. The normalized spacial score (nSPS) is 12.6. The molecule has 1 aromatic heterocycles. The Morgan fingerprint density at radius 3 is 2.73 bits per heavy atom. The summed E-state index contributed by atoms with van der Waals surface area (Å²) >= 11 is 0. The van der Waals surface area contributed by atoms with Crippen LogP contribution in [0.1, 0.15) is 39.5 Å². The molecule has 0 saturated carbocycles. The lowest BCUT2D eigenvalue weighted by atomic mass is 10.2. The Balaban J connectivity index is 0.000000310. The highest BCUT2D eigenvalue weighted by Crippen LogP contribution is 2.12. The highest BCUT2D eigenvalue weighted by atomic mass is 16.1. The van der Waals surface area contributed by atoms with Crippen molar-refractivity contribution < 1.29 is 6.22 Å². The molecule has 5 nitrogen and oxygen atoms in total. The molecule has 138 valence electrons. The smallest absolute Gasteiger partial charge is 0.207 e. The molecule has 0 radical (unpaired) electrons. The van der Waals surface area contributed by atoms with Crippen molar-refractivity contribution in [3.05, 3.63) is 72.0 Å². The van der Waals surface area contributed by atoms with Gasteiger partial charge in [0.2, 0.25) is 6.41 Å². The minimum Gasteiger partial charge on any atom is -0.355 e. The number of carbonyl (C=O) groups excluding carboxylic acids is 1. The number of imidazole rings is 1. The first kappa shape index (κ1) is 19.4. The van der Waals surface area contributed by atoms with Crippen molar-refractivity contribution in [2.75, 3.05) is 0 Å². The van der Waals surface area contributed by atoms with Crippen molar-refractivity contribution >= 4 is 12.6 Å². The second kappa shape index (κ2) is 10.8. The molecular formula is C21H28N4O. The average molecular weight is 352 g/mol. The molecule has 1 N–H and O–H groups in total. The number of allylic oxidation sites excluding steroid dienone is 3. The second-order valence-corrected chi connectivity index (χ2v) is 5.76. The maximum Gasteiger partial charge on any atom is 0.207 e. The molecule has 26 heavy (non-hydrogen) atoms. The van der Waals surface area contributed by atoms with E-state index in [-0.39, 0.29) is 1.43 Å². The number of hydrogen-bond acceptors (Lipinski definition) is 3. The van der Waals surface area contributed by atoms with Gasteiger partial charge in [-0.2, -0.15) is 0 Å². The van der Waals surface area contributed by atoms with Crippen LogP contribution < -0.4 is 5.32 Å². The average Bonchev–Trinajstić information content (AvgIpc) is 3.01. The maximum atomic E-state index is 10.2. The van der Waals surface area contributed by atoms with Crippen LogP contribution >= 0.6 is 0 Å². The van der Waals surface area contributed by atoms with Crippen molar-refractivity contribution in [1.82, 2.24) is 14.9 Å². The number of aromatic nitrogens is 2. The molecule has 0 spiro atoms. The van der Waals surface area contributed by atoms with Crippen LogP contribution in [0.15, 0.2) is 65.6 Å². The van der Waals surface area contributed by atoms with Crippen molar-refractivity contribution in [3.63, 3.8) is 0 Å². The first-order valence-corrected chi connectivity index (χ1v) is 8.94. The SMILES string of the molecule is CCC1=CCC=CN=C1.CCc1nccn1-c1ccc(CNC=O)cc1.[HH]. The molecule has 1 aromatic carbocycles. The molecule has 2 aromatic rings. The van der Waals surface area contributed by atoms with Gasteiger partial charge in [0, 0.05) is 44.9 Å². The molecule has 0 saturated heterocycles. The molecule has 2 heterocycles. The number of carbonyl (C=O) groups is 1. The monoisotopic (exact) mass is 352 g/mol. The van der Waals surface area contributed by atoms with Crippen LogP contribution in [-0.4, -0.2) is 22.2 Å². The third kappa shape index (κ3) is 5.84. The van der Waals surface area contributed by atoms with Crippen LogP contribution in [0.4, 0.5) is 0 Å². The summed E-state index contributed by atoms with van der Waals surface area (Å²) in [7, 11) is 0. The van der Waals surface area contributed by atoms with Crippen LogP contribution in [0.25, 0.3) is 5.69 Å². The summed E-state index contributed by atoms with van der Waals surface area (Å²) in [4.78, 5) is 18.5. The third-order valence-corrected chi connectivity index (χ3v) is 3.99. The molecule has 0 atom stereocenters. The molecule has 0 fully saturated rings. The first-order chi connectivity index (χ1) is 12.8. The Morgan fingerprint density at radius 1 is 1.23 bits per heavy atom. The summed E-state index contributed by atoms with van der Waals surface area (Å²) in [5, 5.41) is 2.64. The van der Waals surface area contributed by atoms with Gasteiger partial charge in [-0.15, -0.1) is 0 Å². The molecule has 1 aliphatic heterocycles. The van der Waals surface area contributed by atoms with Gasteiger partial charge in [-0.25, -0.2) is 4.98 Å². The predicted molar refractivity (Wildman–Crippen MR) is 109 cm³/mol. The number of rotatable bonds is 6. The lowest BCUT2D eigenvalue weighted by Gasteiger charge is -2.07. The molecule has 5 heteroatoms. The van der Waals surface area contributed by atoms with Crippen molar-refractivity contribution in [2.45, 2.75) is 39.7 Å². The fourth-order valence-electron chi connectivity index (χ4n) is 2.53. The van der Waals surface area contributed by atoms with E-state index in [1.807, 2.05) is 42.9 Å². The molecule has 0 bridgehead atoms. The number of aryl methyl sites for hydroxylation is 1. The second-order valence-electron chi connectivity index (χ2n) is 5.76. The van der Waals surface area contributed by atoms with Crippen LogP contribution in [0.3, 0.4) is 0 Å². The number of nitrogens with one attached hydrogen (secondary N) is 1. The Bertz CT molecular complexity index is 776. The van der Waals surface area contributed by atoms with Gasteiger partial charge < -0.3 is 9.88 Å². The zero-order valence-corrected chi connectivity index (χ0v) is 15.4. The summed E-state index contributed by atoms with van der Waals surface area (Å²) in [6.07, 6.45) is 15.5. The van der Waals surface area contributed by atoms with E-state index in [4.69, 9.17) is 0 Å². The van der Waals surface area contributed by atoms with E-state index in [2.05, 4.69) is 45.9 Å². The van der Waals surface area contributed by atoms with Gasteiger partial charge in [-0.3, -0.25) is 9.79 Å². The van der Waals surface area contributed by atoms with Gasteiger partial charge in [0.1, 0.15) is 5.82 Å². The zero-order chi connectivity index (χ0) is 18.6. The summed E-state index contributed by atoms with van der Waals surface area (Å²) < 4.78 is 2.07. The van der Waals surface area contributed by atoms with Crippen LogP contribution in [0, 0.1) is 0 Å². The number of aliphatic imine (C=N–C) groups is 1. The van der Waals surface area contributed by atoms with E-state index in [0.717, 1.165) is 36.3 Å². The number of hydrogen-bond donors (Lipinski definition) is 1. The topological polar surface area (TPSA) is 59.3 Å². The summed E-state index contributed by atoms with van der Waals surface area (Å²) in [5.41, 5.74) is 3.51. The maximum absolute atomic E-state index is 10.2. The molecule has 0 aliphatic carbocycles. The van der Waals surface area contributed by atoms with Gasteiger partial charge in [0.05, 0.1) is 0 Å². The molecular weight excluding hydrogens is 324 g/mol. The molecule has 1 aliphatic rings. The quantitative estimate of drug-likeness (QED) is 0.791. The van der Waals surface area contributed by atoms with Gasteiger partial charge in [0.15, 0.2) is 0 Å². The van der Waals surface area contributed by atoms with E-state index in [9.17, 15) is 4.79 Å². The van der Waals surface area contributed by atoms with Crippen molar-refractivity contribution in [3.8, 4) is 5.69 Å². The van der Waals surface area contributed by atoms with E-state index in [0.29, 0.717) is 13.0 Å². The summed E-state index contributed by atoms with van der Waals surface area (Å²) in [6.45, 7) is 4.79. The van der Waals surface area contributed by atoms with Crippen LogP contribution in [0.2, 0.25) is 0 Å². The summed E-state index contributed by atoms with van der Waals surface area (Å²) in [5.74, 6) is 1.05. The molecule has 3 rings (SSSR count). The highest BCUT2D eigenvalue weighted by molar-refractivity contribution is 5.79. The molecule has 0 unspecified atom stereocenters. The Labute approximate surface area is 156 Å². The largest absolute Gasteiger partial charge is 0.355 e. The zero-order valence-electron chi connectivity index (χ0n) is 15.4. The first-order valence-electron chi connectivity index (χ1n) is 8.94. The van der Waals surface area contributed by atoms with Crippen LogP contribution in [0.5, 0.6) is 0 Å². The fraction of sp³-hybridized carbons (Fsp3) is 0.286. The molecule has 1 amide bonds. The standard InChI is InChI=1S/C13H15N3O.C8H11N.H2/c1-2-13-15-7-8-16(13)12-5-3-11(4-6-12)9-14-10-17;1-2-8-5-3-4-6-9-7-8;/h3-8,10H,2,9H2,1H3,(H,14,17);4-7H,2-3H2,1H3;1H. The van der Waals surface area contributed by atoms with Gasteiger partial charge in [-0.1, -0.05) is 38.1 Å². The fourth-order valence-corrected chi connectivity index (χ4v) is 2.53. The number of nitrogens with zero attached hydrogens (tertiary/aromatic N) is 3. The van der Waals surface area contributed by atoms with Crippen molar-refractivity contribution in [1.29, 1.82) is 0 Å². The third-order valence-electron chi connectivity index (χ3n) is 3.99. The van der Waals surface area contributed by atoms with Crippen molar-refractivity contribution in [2.24, 2.45) is 4.99 Å². The summed E-state index contributed by atoms with van der Waals surface area (Å²) in [6, 6.07) is 8.07. The van der Waals surface area contributed by atoms with E-state index >= 15 is 0 Å².